The van der Waals surface area contributed by atoms with E-state index in [0.29, 0.717) is 30.8 Å². The van der Waals surface area contributed by atoms with Crippen LogP contribution in [-0.2, 0) is 11.3 Å². The Morgan fingerprint density at radius 1 is 1.29 bits per heavy atom. The molecule has 1 aliphatic rings. The minimum Gasteiger partial charge on any atom is -0.335 e. The highest BCUT2D eigenvalue weighted by molar-refractivity contribution is 5.77. The van der Waals surface area contributed by atoms with E-state index in [-0.39, 0.29) is 5.91 Å². The summed E-state index contributed by atoms with van der Waals surface area (Å²) in [6, 6.07) is 10.7. The van der Waals surface area contributed by atoms with Crippen molar-refractivity contribution in [3.63, 3.8) is 0 Å². The van der Waals surface area contributed by atoms with Crippen LogP contribution in [0.2, 0.25) is 0 Å². The van der Waals surface area contributed by atoms with Gasteiger partial charge in [-0.3, -0.25) is 4.79 Å². The highest BCUT2D eigenvalue weighted by Crippen LogP contribution is 2.30. The third-order valence-electron chi connectivity index (χ3n) is 4.11. The van der Waals surface area contributed by atoms with Crippen LogP contribution < -0.4 is 5.73 Å². The zero-order valence-corrected chi connectivity index (χ0v) is 13.3. The fourth-order valence-electron chi connectivity index (χ4n) is 2.88. The number of hydrogen-bond acceptors (Lipinski definition) is 2. The average molecular weight is 288 g/mol. The molecular formula is C18H28N2O. The van der Waals surface area contributed by atoms with Crippen molar-refractivity contribution >= 4 is 5.91 Å². The topological polar surface area (TPSA) is 46.3 Å². The molecule has 1 unspecified atom stereocenters. The third kappa shape index (κ3) is 5.16. The van der Waals surface area contributed by atoms with Crippen LogP contribution in [0, 0.1) is 11.8 Å². The van der Waals surface area contributed by atoms with Crippen LogP contribution >= 0.6 is 0 Å². The smallest absolute Gasteiger partial charge is 0.223 e. The lowest BCUT2D eigenvalue weighted by molar-refractivity contribution is -0.133. The maximum absolute atomic E-state index is 12.7. The largest absolute Gasteiger partial charge is 0.335 e. The van der Waals surface area contributed by atoms with Crippen LogP contribution in [0.4, 0.5) is 0 Å². The molecular weight excluding hydrogens is 260 g/mol. The molecule has 0 aromatic heterocycles. The zero-order chi connectivity index (χ0) is 15.2. The summed E-state index contributed by atoms with van der Waals surface area (Å²) >= 11 is 0. The van der Waals surface area contributed by atoms with Gasteiger partial charge in [-0.05, 0) is 43.2 Å². The molecule has 0 saturated heterocycles. The quantitative estimate of drug-likeness (QED) is 0.798. The average Bonchev–Trinajstić information content (AvgIpc) is 3.29. The van der Waals surface area contributed by atoms with Crippen molar-refractivity contribution in [2.75, 3.05) is 6.54 Å². The van der Waals surface area contributed by atoms with Crippen LogP contribution in [0.5, 0.6) is 0 Å². The first-order valence-electron chi connectivity index (χ1n) is 8.13. The number of rotatable bonds is 8. The number of hydrogen-bond donors (Lipinski definition) is 1. The van der Waals surface area contributed by atoms with Crippen LogP contribution in [0.25, 0.3) is 0 Å². The van der Waals surface area contributed by atoms with Gasteiger partial charge in [-0.2, -0.15) is 0 Å². The van der Waals surface area contributed by atoms with Crippen molar-refractivity contribution in [1.29, 1.82) is 0 Å². The van der Waals surface area contributed by atoms with Gasteiger partial charge in [0.25, 0.3) is 0 Å². The second-order valence-corrected chi connectivity index (χ2v) is 6.67. The molecule has 1 fully saturated rings. The monoisotopic (exact) mass is 288 g/mol. The number of amides is 1. The van der Waals surface area contributed by atoms with Crippen molar-refractivity contribution in [2.45, 2.75) is 52.1 Å². The first-order valence-corrected chi connectivity index (χ1v) is 8.13. The molecule has 3 nitrogen and oxygen atoms in total. The first kappa shape index (κ1) is 16.0. The fourth-order valence-corrected chi connectivity index (χ4v) is 2.88. The Balaban J connectivity index is 1.96. The van der Waals surface area contributed by atoms with E-state index in [4.69, 9.17) is 5.73 Å². The van der Waals surface area contributed by atoms with Gasteiger partial charge in [0.15, 0.2) is 0 Å². The van der Waals surface area contributed by atoms with Gasteiger partial charge in [-0.1, -0.05) is 44.2 Å². The van der Waals surface area contributed by atoms with E-state index in [1.54, 1.807) is 0 Å². The second kappa shape index (κ2) is 7.60. The highest BCUT2D eigenvalue weighted by atomic mass is 16.2. The van der Waals surface area contributed by atoms with Crippen LogP contribution in [0.3, 0.4) is 0 Å². The second-order valence-electron chi connectivity index (χ2n) is 6.67. The van der Waals surface area contributed by atoms with Crippen molar-refractivity contribution < 1.29 is 4.79 Å². The molecule has 3 heteroatoms. The van der Waals surface area contributed by atoms with Crippen molar-refractivity contribution in [2.24, 2.45) is 17.6 Å². The minimum absolute atomic E-state index is 0.275. The van der Waals surface area contributed by atoms with Gasteiger partial charge in [0.1, 0.15) is 0 Å². The van der Waals surface area contributed by atoms with Gasteiger partial charge < -0.3 is 10.6 Å². The summed E-state index contributed by atoms with van der Waals surface area (Å²) < 4.78 is 0. The standard InChI is InChI=1S/C18H28N2O/c1-14(2)10-16(12-19)11-18(21)20(17-8-9-17)13-15-6-4-3-5-7-15/h3-7,14,16-17H,8-13,19H2,1-2H3. The lowest BCUT2D eigenvalue weighted by atomic mass is 9.93. The fraction of sp³-hybridized carbons (Fsp3) is 0.611. The summed E-state index contributed by atoms with van der Waals surface area (Å²) in [4.78, 5) is 14.7. The summed E-state index contributed by atoms with van der Waals surface area (Å²) in [5.74, 6) is 1.18. The zero-order valence-electron chi connectivity index (χ0n) is 13.3. The first-order chi connectivity index (χ1) is 10.1. The van der Waals surface area contributed by atoms with E-state index in [1.165, 1.54) is 5.56 Å². The number of benzene rings is 1. The predicted molar refractivity (Wildman–Crippen MR) is 86.6 cm³/mol. The van der Waals surface area contributed by atoms with Crippen LogP contribution in [0.1, 0.15) is 45.1 Å². The van der Waals surface area contributed by atoms with Gasteiger partial charge >= 0.3 is 0 Å². The highest BCUT2D eigenvalue weighted by Gasteiger charge is 2.33. The molecule has 1 aromatic carbocycles. The van der Waals surface area contributed by atoms with E-state index in [0.717, 1.165) is 25.8 Å². The van der Waals surface area contributed by atoms with Gasteiger partial charge in [0.05, 0.1) is 0 Å². The summed E-state index contributed by atoms with van der Waals surface area (Å²) in [5.41, 5.74) is 7.06. The SMILES string of the molecule is CC(C)CC(CN)CC(=O)N(Cc1ccccc1)C1CC1. The molecule has 0 heterocycles. The summed E-state index contributed by atoms with van der Waals surface area (Å²) in [7, 11) is 0. The lowest BCUT2D eigenvalue weighted by Gasteiger charge is -2.25. The molecule has 0 bridgehead atoms. The molecule has 1 aliphatic carbocycles. The predicted octanol–water partition coefficient (Wildman–Crippen LogP) is 3.19. The molecule has 0 radical (unpaired) electrons. The number of carbonyl (C=O) groups excluding carboxylic acids is 1. The molecule has 2 rings (SSSR count). The Bertz CT molecular complexity index is 440. The van der Waals surface area contributed by atoms with Crippen molar-refractivity contribution in [1.82, 2.24) is 4.90 Å². The Morgan fingerprint density at radius 2 is 1.95 bits per heavy atom. The molecule has 1 saturated carbocycles. The molecule has 1 aromatic rings. The normalized spacial score (nSPS) is 16.0. The Kier molecular flexibility index (Phi) is 5.80. The van der Waals surface area contributed by atoms with Crippen LogP contribution in [-0.4, -0.2) is 23.4 Å². The maximum Gasteiger partial charge on any atom is 0.223 e. The van der Waals surface area contributed by atoms with Crippen LogP contribution in [0.15, 0.2) is 30.3 Å². The Morgan fingerprint density at radius 3 is 2.48 bits per heavy atom. The molecule has 21 heavy (non-hydrogen) atoms. The molecule has 0 aliphatic heterocycles. The van der Waals surface area contributed by atoms with E-state index < -0.39 is 0 Å². The van der Waals surface area contributed by atoms with Crippen molar-refractivity contribution in [3.05, 3.63) is 35.9 Å². The molecule has 0 spiro atoms. The van der Waals surface area contributed by atoms with E-state index in [1.807, 2.05) is 18.2 Å². The maximum atomic E-state index is 12.7. The summed E-state index contributed by atoms with van der Waals surface area (Å²) in [6.07, 6.45) is 3.93. The molecule has 2 N–H and O–H groups in total. The molecule has 1 amide bonds. The Labute approximate surface area is 128 Å². The summed E-state index contributed by atoms with van der Waals surface area (Å²) in [6.45, 7) is 5.72. The van der Waals surface area contributed by atoms with E-state index in [9.17, 15) is 4.79 Å². The Hall–Kier alpha value is -1.35. The number of nitrogens with two attached hydrogens (primary N) is 1. The molecule has 116 valence electrons. The van der Waals surface area contributed by atoms with Gasteiger partial charge in [0, 0.05) is 19.0 Å². The minimum atomic E-state index is 0.275. The van der Waals surface area contributed by atoms with Gasteiger partial charge in [-0.15, -0.1) is 0 Å². The lowest BCUT2D eigenvalue weighted by Crippen LogP contribution is -2.35. The van der Waals surface area contributed by atoms with E-state index in [2.05, 4.69) is 30.9 Å². The summed E-state index contributed by atoms with van der Waals surface area (Å²) in [5, 5.41) is 0. The number of carbonyl (C=O) groups is 1. The van der Waals surface area contributed by atoms with E-state index >= 15 is 0 Å². The van der Waals surface area contributed by atoms with Gasteiger partial charge in [0.2, 0.25) is 5.91 Å². The van der Waals surface area contributed by atoms with Crippen molar-refractivity contribution in [3.8, 4) is 0 Å². The molecule has 1 atom stereocenters. The third-order valence-corrected chi connectivity index (χ3v) is 4.11. The number of nitrogens with zero attached hydrogens (tertiary/aromatic N) is 1. The van der Waals surface area contributed by atoms with Gasteiger partial charge in [-0.25, -0.2) is 0 Å².